The van der Waals surface area contributed by atoms with Crippen LogP contribution in [0.25, 0.3) is 0 Å². The Kier molecular flexibility index (Phi) is 6.52. The standard InChI is InChI=1S/C13H27N3O/c1-10(2)7-12(13(17)14-3)16-9-11-5-4-6-15-8-11/h10-12,15-16H,4-9H2,1-3H3,(H,14,17). The van der Waals surface area contributed by atoms with E-state index in [2.05, 4.69) is 29.8 Å². The monoisotopic (exact) mass is 241 g/mol. The summed E-state index contributed by atoms with van der Waals surface area (Å²) in [6.45, 7) is 7.47. The lowest BCUT2D eigenvalue weighted by Gasteiger charge is -2.26. The summed E-state index contributed by atoms with van der Waals surface area (Å²) in [4.78, 5) is 11.7. The number of likely N-dealkylation sites (N-methyl/N-ethyl adjacent to an activating group) is 1. The molecule has 1 aliphatic rings. The van der Waals surface area contributed by atoms with Crippen molar-refractivity contribution < 1.29 is 4.79 Å². The summed E-state index contributed by atoms with van der Waals surface area (Å²) in [6, 6.07) is -0.0399. The zero-order valence-electron chi connectivity index (χ0n) is 11.4. The summed E-state index contributed by atoms with van der Waals surface area (Å²) < 4.78 is 0. The third-order valence-electron chi connectivity index (χ3n) is 3.32. The van der Waals surface area contributed by atoms with Gasteiger partial charge in [0, 0.05) is 7.05 Å². The predicted molar refractivity (Wildman–Crippen MR) is 70.9 cm³/mol. The van der Waals surface area contributed by atoms with Crippen LogP contribution in [0.5, 0.6) is 0 Å². The minimum absolute atomic E-state index is 0.0399. The molecule has 1 fully saturated rings. The molecule has 4 nitrogen and oxygen atoms in total. The zero-order chi connectivity index (χ0) is 12.7. The molecule has 0 radical (unpaired) electrons. The molecular weight excluding hydrogens is 214 g/mol. The van der Waals surface area contributed by atoms with E-state index in [-0.39, 0.29) is 11.9 Å². The average Bonchev–Trinajstić information content (AvgIpc) is 2.34. The highest BCUT2D eigenvalue weighted by molar-refractivity contribution is 5.81. The van der Waals surface area contributed by atoms with Gasteiger partial charge in [-0.2, -0.15) is 0 Å². The van der Waals surface area contributed by atoms with Crippen LogP contribution in [-0.2, 0) is 4.79 Å². The maximum atomic E-state index is 11.7. The number of carbonyl (C=O) groups excluding carboxylic acids is 1. The first-order valence-corrected chi connectivity index (χ1v) is 6.79. The molecule has 3 N–H and O–H groups in total. The lowest BCUT2D eigenvalue weighted by molar-refractivity contribution is -0.123. The molecule has 4 heteroatoms. The van der Waals surface area contributed by atoms with Crippen molar-refractivity contribution in [3.63, 3.8) is 0 Å². The summed E-state index contributed by atoms with van der Waals surface area (Å²) in [5.41, 5.74) is 0. The predicted octanol–water partition coefficient (Wildman–Crippen LogP) is 0.736. The number of carbonyl (C=O) groups is 1. The molecule has 0 bridgehead atoms. The highest BCUT2D eigenvalue weighted by Crippen LogP contribution is 2.10. The smallest absolute Gasteiger partial charge is 0.236 e. The van der Waals surface area contributed by atoms with Crippen LogP contribution in [0.4, 0.5) is 0 Å². The Morgan fingerprint density at radius 2 is 2.24 bits per heavy atom. The largest absolute Gasteiger partial charge is 0.358 e. The van der Waals surface area contributed by atoms with Crippen molar-refractivity contribution in [3.8, 4) is 0 Å². The molecule has 2 atom stereocenters. The second-order valence-electron chi connectivity index (χ2n) is 5.42. The molecule has 1 rings (SSSR count). The van der Waals surface area contributed by atoms with E-state index >= 15 is 0 Å². The van der Waals surface area contributed by atoms with Crippen molar-refractivity contribution in [2.24, 2.45) is 11.8 Å². The molecule has 1 saturated heterocycles. The number of hydrogen-bond donors (Lipinski definition) is 3. The van der Waals surface area contributed by atoms with Gasteiger partial charge in [0.15, 0.2) is 0 Å². The van der Waals surface area contributed by atoms with Crippen molar-refractivity contribution >= 4 is 5.91 Å². The van der Waals surface area contributed by atoms with Crippen LogP contribution in [0.3, 0.4) is 0 Å². The summed E-state index contributed by atoms with van der Waals surface area (Å²) in [7, 11) is 1.71. The van der Waals surface area contributed by atoms with Gasteiger partial charge in [0.2, 0.25) is 5.91 Å². The topological polar surface area (TPSA) is 53.2 Å². The number of amides is 1. The third-order valence-corrected chi connectivity index (χ3v) is 3.32. The summed E-state index contributed by atoms with van der Waals surface area (Å²) >= 11 is 0. The van der Waals surface area contributed by atoms with Gasteiger partial charge in [-0.15, -0.1) is 0 Å². The number of nitrogens with one attached hydrogen (secondary N) is 3. The van der Waals surface area contributed by atoms with E-state index in [0.29, 0.717) is 11.8 Å². The van der Waals surface area contributed by atoms with Crippen LogP contribution in [0, 0.1) is 11.8 Å². The molecule has 2 unspecified atom stereocenters. The maximum absolute atomic E-state index is 11.7. The first-order chi connectivity index (χ1) is 8.13. The molecule has 0 saturated carbocycles. The van der Waals surface area contributed by atoms with Crippen molar-refractivity contribution in [1.82, 2.24) is 16.0 Å². The van der Waals surface area contributed by atoms with Crippen LogP contribution in [0.15, 0.2) is 0 Å². The highest BCUT2D eigenvalue weighted by atomic mass is 16.2. The minimum Gasteiger partial charge on any atom is -0.358 e. The SMILES string of the molecule is CNC(=O)C(CC(C)C)NCC1CCCNC1. The molecule has 1 heterocycles. The van der Waals surface area contributed by atoms with Gasteiger partial charge in [0.1, 0.15) is 0 Å². The Morgan fingerprint density at radius 1 is 1.47 bits per heavy atom. The van der Waals surface area contributed by atoms with Gasteiger partial charge < -0.3 is 16.0 Å². The molecule has 1 aliphatic heterocycles. The Bertz CT molecular complexity index is 225. The quantitative estimate of drug-likeness (QED) is 0.643. The van der Waals surface area contributed by atoms with Crippen LogP contribution in [0.1, 0.15) is 33.1 Å². The Balaban J connectivity index is 2.34. The van der Waals surface area contributed by atoms with Gasteiger partial charge in [0.05, 0.1) is 6.04 Å². The van der Waals surface area contributed by atoms with E-state index in [0.717, 1.165) is 26.1 Å². The second-order valence-corrected chi connectivity index (χ2v) is 5.42. The van der Waals surface area contributed by atoms with Crippen LogP contribution in [-0.4, -0.2) is 38.6 Å². The van der Waals surface area contributed by atoms with Crippen molar-refractivity contribution in [1.29, 1.82) is 0 Å². The second kappa shape index (κ2) is 7.67. The van der Waals surface area contributed by atoms with E-state index in [1.165, 1.54) is 12.8 Å². The summed E-state index contributed by atoms with van der Waals surface area (Å²) in [6.07, 6.45) is 3.42. The lowest BCUT2D eigenvalue weighted by atomic mass is 9.98. The molecule has 100 valence electrons. The van der Waals surface area contributed by atoms with Gasteiger partial charge in [-0.3, -0.25) is 4.79 Å². The van der Waals surface area contributed by atoms with Gasteiger partial charge >= 0.3 is 0 Å². The van der Waals surface area contributed by atoms with Gasteiger partial charge in [0.25, 0.3) is 0 Å². The van der Waals surface area contributed by atoms with E-state index in [1.807, 2.05) is 0 Å². The summed E-state index contributed by atoms with van der Waals surface area (Å²) in [5.74, 6) is 1.32. The van der Waals surface area contributed by atoms with Gasteiger partial charge in [-0.1, -0.05) is 13.8 Å². The van der Waals surface area contributed by atoms with Crippen molar-refractivity contribution in [2.75, 3.05) is 26.7 Å². The Hall–Kier alpha value is -0.610. The Labute approximate surface area is 105 Å². The number of piperidine rings is 1. The number of hydrogen-bond acceptors (Lipinski definition) is 3. The zero-order valence-corrected chi connectivity index (χ0v) is 11.4. The lowest BCUT2D eigenvalue weighted by Crippen LogP contribution is -2.47. The average molecular weight is 241 g/mol. The molecule has 0 aromatic carbocycles. The fourth-order valence-corrected chi connectivity index (χ4v) is 2.34. The molecule has 17 heavy (non-hydrogen) atoms. The minimum atomic E-state index is -0.0399. The van der Waals surface area contributed by atoms with E-state index < -0.39 is 0 Å². The van der Waals surface area contributed by atoms with Gasteiger partial charge in [-0.25, -0.2) is 0 Å². The molecule has 0 spiro atoms. The fourth-order valence-electron chi connectivity index (χ4n) is 2.34. The first-order valence-electron chi connectivity index (χ1n) is 6.79. The molecular formula is C13H27N3O. The van der Waals surface area contributed by atoms with Crippen LogP contribution in [0.2, 0.25) is 0 Å². The van der Waals surface area contributed by atoms with Gasteiger partial charge in [-0.05, 0) is 50.7 Å². The maximum Gasteiger partial charge on any atom is 0.236 e. The van der Waals surface area contributed by atoms with Crippen molar-refractivity contribution in [3.05, 3.63) is 0 Å². The Morgan fingerprint density at radius 3 is 2.76 bits per heavy atom. The van der Waals surface area contributed by atoms with Crippen molar-refractivity contribution in [2.45, 2.75) is 39.2 Å². The summed E-state index contributed by atoms with van der Waals surface area (Å²) in [5, 5.41) is 9.56. The molecule has 1 amide bonds. The number of rotatable bonds is 6. The normalized spacial score (nSPS) is 22.5. The molecule has 0 aliphatic carbocycles. The van der Waals surface area contributed by atoms with E-state index in [9.17, 15) is 4.79 Å². The molecule has 0 aromatic heterocycles. The van der Waals surface area contributed by atoms with E-state index in [1.54, 1.807) is 7.05 Å². The first kappa shape index (κ1) is 14.5. The highest BCUT2D eigenvalue weighted by Gasteiger charge is 2.20. The third kappa shape index (κ3) is 5.50. The molecule has 0 aromatic rings. The fraction of sp³-hybridized carbons (Fsp3) is 0.923. The van der Waals surface area contributed by atoms with E-state index in [4.69, 9.17) is 0 Å². The van der Waals surface area contributed by atoms with Crippen LogP contribution >= 0.6 is 0 Å². The van der Waals surface area contributed by atoms with Crippen LogP contribution < -0.4 is 16.0 Å².